The molecule has 0 N–H and O–H groups in total. The summed E-state index contributed by atoms with van der Waals surface area (Å²) >= 11 is 0. The number of ether oxygens (including phenoxy) is 1. The van der Waals surface area contributed by atoms with Gasteiger partial charge >= 0.3 is 0 Å². The molecule has 2 aromatic carbocycles. The summed E-state index contributed by atoms with van der Waals surface area (Å²) in [5.41, 5.74) is 1.98. The lowest BCUT2D eigenvalue weighted by Crippen LogP contribution is -1.98. The lowest BCUT2D eigenvalue weighted by atomic mass is 10.2. The number of nitriles is 1. The molecule has 6 nitrogen and oxygen atoms in total. The van der Waals surface area contributed by atoms with Crippen molar-refractivity contribution in [2.45, 2.75) is 0 Å². The van der Waals surface area contributed by atoms with Crippen LogP contribution < -0.4 is 4.74 Å². The highest BCUT2D eigenvalue weighted by molar-refractivity contribution is 5.81. The van der Waals surface area contributed by atoms with Crippen molar-refractivity contribution in [3.05, 3.63) is 72.7 Å². The summed E-state index contributed by atoms with van der Waals surface area (Å²) < 4.78 is 7.56. The van der Waals surface area contributed by atoms with E-state index < -0.39 is 0 Å². The maximum absolute atomic E-state index is 9.18. The van der Waals surface area contributed by atoms with E-state index in [1.807, 2.05) is 36.4 Å². The molecule has 24 heavy (non-hydrogen) atoms. The van der Waals surface area contributed by atoms with E-state index in [1.165, 1.54) is 6.33 Å². The van der Waals surface area contributed by atoms with Gasteiger partial charge in [-0.05, 0) is 24.3 Å². The molecule has 114 valence electrons. The second-order valence-electron chi connectivity index (χ2n) is 5.02. The van der Waals surface area contributed by atoms with Gasteiger partial charge in [0.15, 0.2) is 5.65 Å². The Labute approximate surface area is 137 Å². The molecule has 0 aliphatic carbocycles. The molecule has 0 amide bonds. The summed E-state index contributed by atoms with van der Waals surface area (Å²) in [7, 11) is 0. The molecule has 0 bridgehead atoms. The topological polar surface area (TPSA) is 76.6 Å². The van der Waals surface area contributed by atoms with Gasteiger partial charge in [-0.15, -0.1) is 0 Å². The highest BCUT2D eigenvalue weighted by atomic mass is 16.5. The second kappa shape index (κ2) is 5.82. The van der Waals surface area contributed by atoms with Crippen molar-refractivity contribution in [2.24, 2.45) is 0 Å². The smallest absolute Gasteiger partial charge is 0.233 e. The van der Waals surface area contributed by atoms with Crippen LogP contribution in [0.2, 0.25) is 0 Å². The fraction of sp³-hybridized carbons (Fsp3) is 0. The molecule has 0 unspecified atom stereocenters. The van der Waals surface area contributed by atoms with E-state index in [4.69, 9.17) is 4.74 Å². The summed E-state index contributed by atoms with van der Waals surface area (Å²) in [6.07, 6.45) is 3.08. The van der Waals surface area contributed by atoms with Gasteiger partial charge in [0.05, 0.1) is 17.4 Å². The number of benzene rings is 2. The van der Waals surface area contributed by atoms with Crippen LogP contribution in [0.1, 0.15) is 5.56 Å². The highest BCUT2D eigenvalue weighted by Gasteiger charge is 2.13. The minimum Gasteiger partial charge on any atom is -0.437 e. The zero-order valence-electron chi connectivity index (χ0n) is 12.5. The Hall–Kier alpha value is -3.72. The van der Waals surface area contributed by atoms with Gasteiger partial charge in [0.25, 0.3) is 0 Å². The first-order valence-corrected chi connectivity index (χ1v) is 7.28. The first kappa shape index (κ1) is 13.9. The average molecular weight is 313 g/mol. The molecule has 2 aromatic heterocycles. The maximum atomic E-state index is 9.18. The van der Waals surface area contributed by atoms with Crippen molar-refractivity contribution in [2.75, 3.05) is 0 Å². The van der Waals surface area contributed by atoms with Crippen LogP contribution in [0.5, 0.6) is 11.6 Å². The van der Waals surface area contributed by atoms with E-state index in [1.54, 1.807) is 29.1 Å². The van der Waals surface area contributed by atoms with Gasteiger partial charge < -0.3 is 4.74 Å². The van der Waals surface area contributed by atoms with Crippen LogP contribution in [-0.4, -0.2) is 19.7 Å². The predicted octanol–water partition coefficient (Wildman–Crippen LogP) is 3.48. The van der Waals surface area contributed by atoms with Crippen LogP contribution in [0.4, 0.5) is 0 Å². The first-order chi connectivity index (χ1) is 11.9. The molecular formula is C18H11N5O. The first-order valence-electron chi connectivity index (χ1n) is 7.28. The number of nitrogens with zero attached hydrogens (tertiary/aromatic N) is 5. The molecule has 0 radical (unpaired) electrons. The summed E-state index contributed by atoms with van der Waals surface area (Å²) in [5, 5.41) is 14.2. The molecule has 0 saturated heterocycles. The molecule has 0 fully saturated rings. The van der Waals surface area contributed by atoms with Gasteiger partial charge in [0.2, 0.25) is 5.88 Å². The van der Waals surface area contributed by atoms with Gasteiger partial charge in [-0.2, -0.15) is 10.4 Å². The summed E-state index contributed by atoms with van der Waals surface area (Å²) in [4.78, 5) is 8.50. The molecule has 0 spiro atoms. The SMILES string of the molecule is N#Cc1ccccc1Oc1ncnc2c1cnn2-c1ccccc1. The molecule has 0 aliphatic rings. The van der Waals surface area contributed by atoms with Crippen LogP contribution in [0.3, 0.4) is 0 Å². The standard InChI is InChI=1S/C18H11N5O/c19-10-13-6-4-5-9-16(13)24-18-15-11-22-23(17(15)20-12-21-18)14-7-2-1-3-8-14/h1-9,11-12H. The Morgan fingerprint density at radius 1 is 0.958 bits per heavy atom. The lowest BCUT2D eigenvalue weighted by molar-refractivity contribution is 0.466. The summed E-state index contributed by atoms with van der Waals surface area (Å²) in [6, 6.07) is 18.8. The third-order valence-corrected chi connectivity index (χ3v) is 3.54. The van der Waals surface area contributed by atoms with Gasteiger partial charge in [-0.1, -0.05) is 30.3 Å². The van der Waals surface area contributed by atoms with Crippen LogP contribution in [0.25, 0.3) is 16.7 Å². The Kier molecular flexibility index (Phi) is 3.37. The van der Waals surface area contributed by atoms with Crippen LogP contribution in [0.15, 0.2) is 67.1 Å². The van der Waals surface area contributed by atoms with Crippen molar-refractivity contribution in [1.82, 2.24) is 19.7 Å². The molecule has 2 heterocycles. The molecular weight excluding hydrogens is 302 g/mol. The van der Waals surface area contributed by atoms with Crippen molar-refractivity contribution in [3.63, 3.8) is 0 Å². The molecule has 4 aromatic rings. The van der Waals surface area contributed by atoms with Crippen LogP contribution in [-0.2, 0) is 0 Å². The minimum absolute atomic E-state index is 0.366. The minimum atomic E-state index is 0.366. The lowest BCUT2D eigenvalue weighted by Gasteiger charge is -2.07. The third-order valence-electron chi connectivity index (χ3n) is 3.54. The molecule has 0 atom stereocenters. The molecule has 0 saturated carbocycles. The Morgan fingerprint density at radius 3 is 2.58 bits per heavy atom. The quantitative estimate of drug-likeness (QED) is 0.578. The van der Waals surface area contributed by atoms with E-state index in [9.17, 15) is 5.26 Å². The van der Waals surface area contributed by atoms with Gasteiger partial charge in [0, 0.05) is 0 Å². The normalized spacial score (nSPS) is 10.5. The third kappa shape index (κ3) is 2.34. The largest absolute Gasteiger partial charge is 0.437 e. The number of para-hydroxylation sites is 2. The molecule has 0 aliphatic heterocycles. The number of fused-ring (bicyclic) bond motifs is 1. The van der Waals surface area contributed by atoms with E-state index >= 15 is 0 Å². The zero-order valence-corrected chi connectivity index (χ0v) is 12.5. The predicted molar refractivity (Wildman–Crippen MR) is 87.9 cm³/mol. The zero-order chi connectivity index (χ0) is 16.4. The van der Waals surface area contributed by atoms with Gasteiger partial charge in [-0.25, -0.2) is 14.6 Å². The molecule has 6 heteroatoms. The van der Waals surface area contributed by atoms with Gasteiger partial charge in [-0.3, -0.25) is 0 Å². The number of hydrogen-bond donors (Lipinski definition) is 0. The van der Waals surface area contributed by atoms with Crippen molar-refractivity contribution in [1.29, 1.82) is 5.26 Å². The van der Waals surface area contributed by atoms with Crippen molar-refractivity contribution < 1.29 is 4.74 Å². The monoisotopic (exact) mass is 313 g/mol. The van der Waals surface area contributed by atoms with E-state index in [-0.39, 0.29) is 0 Å². The van der Waals surface area contributed by atoms with E-state index in [0.717, 1.165) is 5.69 Å². The Balaban J connectivity index is 1.81. The van der Waals surface area contributed by atoms with Crippen molar-refractivity contribution >= 4 is 11.0 Å². The fourth-order valence-electron chi connectivity index (χ4n) is 2.41. The van der Waals surface area contributed by atoms with E-state index in [0.29, 0.717) is 28.2 Å². The van der Waals surface area contributed by atoms with Crippen LogP contribution >= 0.6 is 0 Å². The fourth-order valence-corrected chi connectivity index (χ4v) is 2.41. The van der Waals surface area contributed by atoms with Crippen molar-refractivity contribution in [3.8, 4) is 23.4 Å². The number of aromatic nitrogens is 4. The van der Waals surface area contributed by atoms with E-state index in [2.05, 4.69) is 21.1 Å². The maximum Gasteiger partial charge on any atom is 0.233 e. The summed E-state index contributed by atoms with van der Waals surface area (Å²) in [5.74, 6) is 0.817. The van der Waals surface area contributed by atoms with Crippen LogP contribution in [0, 0.1) is 11.3 Å². The number of hydrogen-bond acceptors (Lipinski definition) is 5. The second-order valence-corrected chi connectivity index (χ2v) is 5.02. The average Bonchev–Trinajstić information content (AvgIpc) is 3.08. The molecule has 4 rings (SSSR count). The Morgan fingerprint density at radius 2 is 1.75 bits per heavy atom. The summed E-state index contributed by atoms with van der Waals surface area (Å²) in [6.45, 7) is 0. The highest BCUT2D eigenvalue weighted by Crippen LogP contribution is 2.29. The number of rotatable bonds is 3. The Bertz CT molecular complexity index is 1050. The van der Waals surface area contributed by atoms with Gasteiger partial charge in [0.1, 0.15) is 23.5 Å².